The van der Waals surface area contributed by atoms with Gasteiger partial charge in [-0.05, 0) is 18.1 Å². The third kappa shape index (κ3) is 3.44. The summed E-state index contributed by atoms with van der Waals surface area (Å²) < 4.78 is 5.83. The van der Waals surface area contributed by atoms with Crippen molar-refractivity contribution >= 4 is 5.91 Å². The van der Waals surface area contributed by atoms with Gasteiger partial charge in [-0.15, -0.1) is 0 Å². The van der Waals surface area contributed by atoms with Crippen LogP contribution in [0.25, 0.3) is 0 Å². The Bertz CT molecular complexity index is 655. The van der Waals surface area contributed by atoms with Crippen molar-refractivity contribution in [2.75, 3.05) is 0 Å². The number of likely N-dealkylation sites (tertiary alicyclic amines) is 1. The normalized spacial score (nSPS) is 24.2. The molecule has 1 fully saturated rings. The van der Waals surface area contributed by atoms with Gasteiger partial charge in [-0.25, -0.2) is 0 Å². The molecule has 120 valence electrons. The maximum absolute atomic E-state index is 12.3. The van der Waals surface area contributed by atoms with Gasteiger partial charge in [-0.2, -0.15) is 0 Å². The summed E-state index contributed by atoms with van der Waals surface area (Å²) in [5.74, 6) is -0.0862. The SMILES string of the molecule is CC1(O)[C@@H](OCc2ccccc2)CC(=O)N1Cc1ccccc1. The number of carbonyl (C=O) groups excluding carboxylic acids is 1. The Hall–Kier alpha value is -2.17. The van der Waals surface area contributed by atoms with Gasteiger partial charge in [0.15, 0.2) is 5.72 Å². The molecule has 4 heteroatoms. The highest BCUT2D eigenvalue weighted by Crippen LogP contribution is 2.32. The number of ether oxygens (including phenoxy) is 1. The molecule has 0 aromatic heterocycles. The van der Waals surface area contributed by atoms with Gasteiger partial charge in [-0.1, -0.05) is 60.7 Å². The molecule has 0 bridgehead atoms. The molecule has 23 heavy (non-hydrogen) atoms. The molecular formula is C19H21NO3. The lowest BCUT2D eigenvalue weighted by Crippen LogP contribution is -2.49. The number of aliphatic hydroxyl groups is 1. The molecule has 0 spiro atoms. The third-order valence-electron chi connectivity index (χ3n) is 4.30. The summed E-state index contributed by atoms with van der Waals surface area (Å²) in [6.45, 7) is 2.42. The van der Waals surface area contributed by atoms with Crippen LogP contribution in [-0.2, 0) is 22.7 Å². The van der Waals surface area contributed by atoms with Crippen molar-refractivity contribution in [2.24, 2.45) is 0 Å². The highest BCUT2D eigenvalue weighted by atomic mass is 16.5. The fourth-order valence-corrected chi connectivity index (χ4v) is 2.89. The molecule has 1 aliphatic heterocycles. The minimum atomic E-state index is -1.30. The summed E-state index contributed by atoms with van der Waals surface area (Å²) in [6.07, 6.45) is -0.328. The van der Waals surface area contributed by atoms with Crippen molar-refractivity contribution in [3.8, 4) is 0 Å². The molecule has 1 saturated heterocycles. The predicted molar refractivity (Wildman–Crippen MR) is 87.3 cm³/mol. The van der Waals surface area contributed by atoms with Crippen LogP contribution < -0.4 is 0 Å². The predicted octanol–water partition coefficient (Wildman–Crippen LogP) is 2.71. The summed E-state index contributed by atoms with van der Waals surface area (Å²) >= 11 is 0. The lowest BCUT2D eigenvalue weighted by atomic mass is 10.1. The average Bonchev–Trinajstić information content (AvgIpc) is 2.78. The first-order valence-corrected chi connectivity index (χ1v) is 7.79. The van der Waals surface area contributed by atoms with Crippen LogP contribution in [-0.4, -0.2) is 27.7 Å². The van der Waals surface area contributed by atoms with Gasteiger partial charge in [0.05, 0.1) is 13.0 Å². The minimum Gasteiger partial charge on any atom is -0.368 e. The van der Waals surface area contributed by atoms with Crippen LogP contribution in [0.2, 0.25) is 0 Å². The van der Waals surface area contributed by atoms with Crippen molar-refractivity contribution in [1.82, 2.24) is 4.90 Å². The van der Waals surface area contributed by atoms with E-state index in [0.717, 1.165) is 11.1 Å². The second-order valence-electron chi connectivity index (χ2n) is 6.05. The summed E-state index contributed by atoms with van der Waals surface area (Å²) in [5, 5.41) is 10.8. The molecule has 0 aliphatic carbocycles. The first kappa shape index (κ1) is 15.7. The van der Waals surface area contributed by atoms with Crippen LogP contribution in [0.5, 0.6) is 0 Å². The van der Waals surface area contributed by atoms with E-state index in [9.17, 15) is 9.90 Å². The number of hydrogen-bond donors (Lipinski definition) is 1. The average molecular weight is 311 g/mol. The van der Waals surface area contributed by atoms with E-state index < -0.39 is 11.8 Å². The Morgan fingerprint density at radius 1 is 1.09 bits per heavy atom. The summed E-state index contributed by atoms with van der Waals surface area (Å²) in [5.41, 5.74) is 0.712. The second kappa shape index (κ2) is 6.52. The number of carbonyl (C=O) groups is 1. The first-order chi connectivity index (χ1) is 11.1. The van der Waals surface area contributed by atoms with Crippen LogP contribution in [0.4, 0.5) is 0 Å². The molecule has 2 atom stereocenters. The summed E-state index contributed by atoms with van der Waals surface area (Å²) in [6, 6.07) is 19.4. The van der Waals surface area contributed by atoms with Gasteiger partial charge in [0, 0.05) is 6.54 Å². The highest BCUT2D eigenvalue weighted by molar-refractivity contribution is 5.80. The number of rotatable bonds is 5. The zero-order chi connectivity index (χ0) is 16.3. The lowest BCUT2D eigenvalue weighted by molar-refractivity contribution is -0.165. The molecule has 0 saturated carbocycles. The van der Waals surface area contributed by atoms with Crippen LogP contribution in [0.3, 0.4) is 0 Å². The van der Waals surface area contributed by atoms with Crippen molar-refractivity contribution < 1.29 is 14.6 Å². The van der Waals surface area contributed by atoms with Gasteiger partial charge in [-0.3, -0.25) is 4.79 Å². The molecule has 2 aromatic carbocycles. The molecule has 1 aliphatic rings. The number of nitrogens with zero attached hydrogens (tertiary/aromatic N) is 1. The van der Waals surface area contributed by atoms with Crippen molar-refractivity contribution in [3.05, 3.63) is 71.8 Å². The van der Waals surface area contributed by atoms with Crippen LogP contribution in [0.15, 0.2) is 60.7 Å². The van der Waals surface area contributed by atoms with Crippen molar-refractivity contribution in [3.63, 3.8) is 0 Å². The summed E-state index contributed by atoms with van der Waals surface area (Å²) in [4.78, 5) is 13.8. The number of benzene rings is 2. The maximum atomic E-state index is 12.3. The monoisotopic (exact) mass is 311 g/mol. The number of amides is 1. The van der Waals surface area contributed by atoms with E-state index in [2.05, 4.69) is 0 Å². The van der Waals surface area contributed by atoms with Crippen LogP contribution >= 0.6 is 0 Å². The Balaban J connectivity index is 1.68. The molecule has 4 nitrogen and oxygen atoms in total. The number of hydrogen-bond acceptors (Lipinski definition) is 3. The van der Waals surface area contributed by atoms with E-state index in [-0.39, 0.29) is 12.3 Å². The largest absolute Gasteiger partial charge is 0.368 e. The van der Waals surface area contributed by atoms with E-state index in [0.29, 0.717) is 13.2 Å². The van der Waals surface area contributed by atoms with Gasteiger partial charge in [0.25, 0.3) is 0 Å². The van der Waals surface area contributed by atoms with Gasteiger partial charge in [0.1, 0.15) is 6.10 Å². The topological polar surface area (TPSA) is 49.8 Å². The molecule has 2 aromatic rings. The standard InChI is InChI=1S/C19H21NO3/c1-19(22)17(23-14-16-10-6-3-7-11-16)12-18(21)20(19)13-15-8-4-2-5-9-15/h2-11,17,22H,12-14H2,1H3/t17-,19?/m0/s1. The minimum absolute atomic E-state index is 0.0862. The Morgan fingerprint density at radius 3 is 2.26 bits per heavy atom. The maximum Gasteiger partial charge on any atom is 0.227 e. The van der Waals surface area contributed by atoms with Crippen LogP contribution in [0.1, 0.15) is 24.5 Å². The van der Waals surface area contributed by atoms with E-state index in [1.807, 2.05) is 60.7 Å². The molecule has 3 rings (SSSR count). The summed E-state index contributed by atoms with van der Waals surface area (Å²) in [7, 11) is 0. The van der Waals surface area contributed by atoms with Gasteiger partial charge in [0.2, 0.25) is 5.91 Å². The Labute approximate surface area is 136 Å². The molecule has 1 N–H and O–H groups in total. The fraction of sp³-hybridized carbons (Fsp3) is 0.316. The lowest BCUT2D eigenvalue weighted by Gasteiger charge is -2.34. The Morgan fingerprint density at radius 2 is 1.65 bits per heavy atom. The quantitative estimate of drug-likeness (QED) is 0.923. The molecule has 0 radical (unpaired) electrons. The fourth-order valence-electron chi connectivity index (χ4n) is 2.89. The zero-order valence-electron chi connectivity index (χ0n) is 13.2. The van der Waals surface area contributed by atoms with Crippen molar-refractivity contribution in [1.29, 1.82) is 0 Å². The van der Waals surface area contributed by atoms with E-state index >= 15 is 0 Å². The van der Waals surface area contributed by atoms with E-state index in [1.54, 1.807) is 6.92 Å². The van der Waals surface area contributed by atoms with E-state index in [4.69, 9.17) is 4.74 Å². The smallest absolute Gasteiger partial charge is 0.227 e. The Kier molecular flexibility index (Phi) is 4.46. The molecular weight excluding hydrogens is 290 g/mol. The van der Waals surface area contributed by atoms with Gasteiger partial charge < -0.3 is 14.7 Å². The second-order valence-corrected chi connectivity index (χ2v) is 6.05. The highest BCUT2D eigenvalue weighted by Gasteiger charge is 2.49. The zero-order valence-corrected chi connectivity index (χ0v) is 13.2. The van der Waals surface area contributed by atoms with E-state index in [1.165, 1.54) is 4.90 Å². The molecule has 1 amide bonds. The molecule has 1 heterocycles. The molecule has 1 unspecified atom stereocenters. The first-order valence-electron chi connectivity index (χ1n) is 7.79. The third-order valence-corrected chi connectivity index (χ3v) is 4.30. The van der Waals surface area contributed by atoms with Crippen molar-refractivity contribution in [2.45, 2.75) is 38.3 Å². The van der Waals surface area contributed by atoms with Crippen LogP contribution in [0, 0.1) is 0 Å². The van der Waals surface area contributed by atoms with Gasteiger partial charge >= 0.3 is 0 Å².